The monoisotopic (exact) mass is 492 g/mol. The molecule has 0 fully saturated rings. The van der Waals surface area contributed by atoms with Crippen LogP contribution in [0.25, 0.3) is 65.3 Å². The van der Waals surface area contributed by atoms with Gasteiger partial charge in [0.1, 0.15) is 0 Å². The van der Waals surface area contributed by atoms with Crippen molar-refractivity contribution in [1.82, 2.24) is 4.57 Å². The van der Waals surface area contributed by atoms with Gasteiger partial charge < -0.3 is 9.47 Å². The highest BCUT2D eigenvalue weighted by molar-refractivity contribution is 6.36. The second-order valence-corrected chi connectivity index (χ2v) is 13.0. The van der Waals surface area contributed by atoms with E-state index in [1.54, 1.807) is 0 Å². The van der Waals surface area contributed by atoms with Crippen LogP contribution in [0.5, 0.6) is 0 Å². The van der Waals surface area contributed by atoms with Gasteiger partial charge in [-0.1, -0.05) is 60.7 Å². The molecule has 6 aromatic carbocycles. The molecule has 0 saturated heterocycles. The van der Waals surface area contributed by atoms with Crippen LogP contribution in [0.3, 0.4) is 0 Å². The zero-order valence-electron chi connectivity index (χ0n) is 23.0. The first-order valence-electron chi connectivity index (χ1n) is 13.7. The van der Waals surface area contributed by atoms with Crippen LogP contribution < -0.4 is 4.90 Å². The number of hydrogen-bond acceptors (Lipinski definition) is 1. The fourth-order valence-electron chi connectivity index (χ4n) is 7.30. The SMILES string of the molecule is CC(C)(C)N1c2ccccc2-c2ccc3ccc4c5c(cc1c2c35)cc1c4c2ccccc2n1C(C)(C)C. The number of fused-ring (bicyclic) bond motifs is 6. The molecule has 186 valence electrons. The molecule has 0 saturated carbocycles. The summed E-state index contributed by atoms with van der Waals surface area (Å²) in [5.41, 5.74) is 7.78. The number of rotatable bonds is 0. The van der Waals surface area contributed by atoms with Gasteiger partial charge in [-0.25, -0.2) is 0 Å². The molecule has 1 aromatic heterocycles. The molecule has 0 radical (unpaired) electrons. The van der Waals surface area contributed by atoms with Crippen LogP contribution in [0.15, 0.2) is 84.9 Å². The first kappa shape index (κ1) is 22.0. The minimum absolute atomic E-state index is 0.0417. The highest BCUT2D eigenvalue weighted by atomic mass is 15.2. The Bertz CT molecular complexity index is 2090. The molecule has 0 amide bonds. The molecule has 0 unspecified atom stereocenters. The summed E-state index contributed by atoms with van der Waals surface area (Å²) in [5, 5.41) is 10.9. The first-order valence-corrected chi connectivity index (χ1v) is 13.7. The van der Waals surface area contributed by atoms with Crippen molar-refractivity contribution in [2.75, 3.05) is 4.90 Å². The van der Waals surface area contributed by atoms with Crippen molar-refractivity contribution in [3.8, 4) is 11.1 Å². The molecule has 2 heterocycles. The molecule has 1 aliphatic rings. The van der Waals surface area contributed by atoms with Crippen molar-refractivity contribution in [3.63, 3.8) is 0 Å². The Labute approximate surface area is 223 Å². The predicted molar refractivity (Wildman–Crippen MR) is 165 cm³/mol. The van der Waals surface area contributed by atoms with E-state index < -0.39 is 0 Å². The van der Waals surface area contributed by atoms with Crippen molar-refractivity contribution < 1.29 is 0 Å². The molecule has 0 bridgehead atoms. The quantitative estimate of drug-likeness (QED) is 0.191. The highest BCUT2D eigenvalue weighted by Crippen LogP contribution is 2.54. The molecule has 0 spiro atoms. The smallest absolute Gasteiger partial charge is 0.0508 e. The van der Waals surface area contributed by atoms with Gasteiger partial charge in [0.2, 0.25) is 0 Å². The fourth-order valence-corrected chi connectivity index (χ4v) is 7.30. The topological polar surface area (TPSA) is 8.17 Å². The molecule has 0 aliphatic carbocycles. The van der Waals surface area contributed by atoms with E-state index in [0.29, 0.717) is 0 Å². The van der Waals surface area contributed by atoms with Crippen LogP contribution in [0.1, 0.15) is 41.5 Å². The third kappa shape index (κ3) is 2.63. The highest BCUT2D eigenvalue weighted by Gasteiger charge is 2.33. The number of aromatic nitrogens is 1. The Morgan fingerprint density at radius 3 is 2.00 bits per heavy atom. The second-order valence-electron chi connectivity index (χ2n) is 13.0. The summed E-state index contributed by atoms with van der Waals surface area (Å²) in [7, 11) is 0. The summed E-state index contributed by atoms with van der Waals surface area (Å²) >= 11 is 0. The Hall–Kier alpha value is -4.04. The molecule has 38 heavy (non-hydrogen) atoms. The number of hydrogen-bond donors (Lipinski definition) is 0. The first-order chi connectivity index (χ1) is 18.1. The van der Waals surface area contributed by atoms with Crippen LogP contribution in [0, 0.1) is 0 Å². The van der Waals surface area contributed by atoms with Crippen molar-refractivity contribution in [1.29, 1.82) is 0 Å². The maximum atomic E-state index is 2.56. The van der Waals surface area contributed by atoms with E-state index in [2.05, 4.69) is 136 Å². The van der Waals surface area contributed by atoms with Crippen LogP contribution in [0.2, 0.25) is 0 Å². The van der Waals surface area contributed by atoms with E-state index in [-0.39, 0.29) is 11.1 Å². The molecule has 8 rings (SSSR count). The molecule has 1 aliphatic heterocycles. The summed E-state index contributed by atoms with van der Waals surface area (Å²) in [4.78, 5) is 2.56. The van der Waals surface area contributed by atoms with Gasteiger partial charge in [0.05, 0.1) is 11.2 Å². The standard InChI is InChI=1S/C36H32N2/c1-35(2,3)37-27-13-9-7-11-23(27)24-17-15-21-16-18-26-31-22(20-30(37)34(24)32(21)31)19-29-33(26)25-12-8-10-14-28(25)38(29)36(4,5)6/h7-20H,1-6H3. The minimum atomic E-state index is -0.0718. The Kier molecular flexibility index (Phi) is 3.98. The van der Waals surface area contributed by atoms with Crippen molar-refractivity contribution in [2.45, 2.75) is 52.6 Å². The molecular weight excluding hydrogens is 460 g/mol. The lowest BCUT2D eigenvalue weighted by Crippen LogP contribution is -2.39. The Morgan fingerprint density at radius 2 is 1.21 bits per heavy atom. The third-order valence-corrected chi connectivity index (χ3v) is 8.51. The van der Waals surface area contributed by atoms with Gasteiger partial charge in [-0.2, -0.15) is 0 Å². The maximum Gasteiger partial charge on any atom is 0.0508 e. The lowest BCUT2D eigenvalue weighted by Gasteiger charge is -2.43. The fraction of sp³-hybridized carbons (Fsp3) is 0.222. The van der Waals surface area contributed by atoms with Crippen LogP contribution >= 0.6 is 0 Å². The summed E-state index contributed by atoms with van der Waals surface area (Å²) in [5.74, 6) is 0. The number of nitrogens with zero attached hydrogens (tertiary/aromatic N) is 2. The van der Waals surface area contributed by atoms with Gasteiger partial charge in [-0.05, 0) is 92.9 Å². The molecule has 2 nitrogen and oxygen atoms in total. The van der Waals surface area contributed by atoms with E-state index in [0.717, 1.165) is 0 Å². The van der Waals surface area contributed by atoms with Gasteiger partial charge in [0.15, 0.2) is 0 Å². The summed E-state index contributed by atoms with van der Waals surface area (Å²) in [6.45, 7) is 13.9. The van der Waals surface area contributed by atoms with Crippen LogP contribution in [0.4, 0.5) is 11.4 Å². The zero-order chi connectivity index (χ0) is 26.1. The lowest BCUT2D eigenvalue weighted by molar-refractivity contribution is 0.423. The van der Waals surface area contributed by atoms with E-state index >= 15 is 0 Å². The normalized spacial score (nSPS) is 14.0. The summed E-state index contributed by atoms with van der Waals surface area (Å²) in [6.07, 6.45) is 0. The molecule has 0 N–H and O–H groups in total. The van der Waals surface area contributed by atoms with Gasteiger partial charge in [0, 0.05) is 49.4 Å². The zero-order valence-corrected chi connectivity index (χ0v) is 23.0. The van der Waals surface area contributed by atoms with E-state index in [1.165, 1.54) is 76.6 Å². The summed E-state index contributed by atoms with van der Waals surface area (Å²) in [6, 6.07) is 32.2. The molecule has 7 aromatic rings. The lowest BCUT2D eigenvalue weighted by atomic mass is 9.83. The number of para-hydroxylation sites is 2. The average molecular weight is 493 g/mol. The Balaban J connectivity index is 1.66. The molecule has 0 atom stereocenters. The maximum absolute atomic E-state index is 2.56. The van der Waals surface area contributed by atoms with Gasteiger partial charge in [-0.15, -0.1) is 0 Å². The Morgan fingerprint density at radius 1 is 0.474 bits per heavy atom. The van der Waals surface area contributed by atoms with E-state index in [9.17, 15) is 0 Å². The van der Waals surface area contributed by atoms with Gasteiger partial charge in [0.25, 0.3) is 0 Å². The summed E-state index contributed by atoms with van der Waals surface area (Å²) < 4.78 is 2.54. The van der Waals surface area contributed by atoms with E-state index in [4.69, 9.17) is 0 Å². The number of benzene rings is 6. The molecular formula is C36H32N2. The average Bonchev–Trinajstić information content (AvgIpc) is 3.21. The second kappa shape index (κ2) is 6.88. The van der Waals surface area contributed by atoms with Crippen molar-refractivity contribution in [2.24, 2.45) is 0 Å². The predicted octanol–water partition coefficient (Wildman–Crippen LogP) is 10.4. The molecule has 2 heteroatoms. The largest absolute Gasteiger partial charge is 0.335 e. The van der Waals surface area contributed by atoms with Crippen LogP contribution in [-0.2, 0) is 5.54 Å². The van der Waals surface area contributed by atoms with Crippen molar-refractivity contribution >= 4 is 65.5 Å². The third-order valence-electron chi connectivity index (χ3n) is 8.51. The van der Waals surface area contributed by atoms with Gasteiger partial charge in [-0.3, -0.25) is 0 Å². The minimum Gasteiger partial charge on any atom is -0.335 e. The van der Waals surface area contributed by atoms with Gasteiger partial charge >= 0.3 is 0 Å². The number of anilines is 2. The van der Waals surface area contributed by atoms with E-state index in [1.807, 2.05) is 0 Å². The van der Waals surface area contributed by atoms with Crippen LogP contribution in [-0.4, -0.2) is 10.1 Å². The van der Waals surface area contributed by atoms with Crippen molar-refractivity contribution in [3.05, 3.63) is 84.9 Å².